The summed E-state index contributed by atoms with van der Waals surface area (Å²) in [5, 5.41) is 18.3. The number of phenols is 2. The summed E-state index contributed by atoms with van der Waals surface area (Å²) in [5.41, 5.74) is 3.43. The summed E-state index contributed by atoms with van der Waals surface area (Å²) >= 11 is 0. The molecule has 2 N–H and O–H groups in total. The van der Waals surface area contributed by atoms with Crippen LogP contribution < -0.4 is 0 Å². The molecule has 2 nitrogen and oxygen atoms in total. The minimum Gasteiger partial charge on any atom is -0.508 e. The molecule has 3 rings (SSSR count). The summed E-state index contributed by atoms with van der Waals surface area (Å²) in [6, 6.07) is 13.4. The molecule has 22 heavy (non-hydrogen) atoms. The van der Waals surface area contributed by atoms with Gasteiger partial charge in [0, 0.05) is 0 Å². The molecule has 118 valence electrons. The van der Waals surface area contributed by atoms with E-state index in [0.29, 0.717) is 11.5 Å². The molecule has 0 unspecified atom stereocenters. The molecule has 0 amide bonds. The topological polar surface area (TPSA) is 40.5 Å². The van der Waals surface area contributed by atoms with Gasteiger partial charge in [-0.2, -0.15) is 0 Å². The predicted molar refractivity (Wildman–Crippen MR) is 91.5 cm³/mol. The van der Waals surface area contributed by atoms with E-state index in [9.17, 15) is 0 Å². The van der Waals surface area contributed by atoms with Gasteiger partial charge in [-0.05, 0) is 67.5 Å². The predicted octanol–water partition coefficient (Wildman–Crippen LogP) is 5.45. The molecule has 1 aliphatic carbocycles. The highest BCUT2D eigenvalue weighted by Gasteiger charge is 2.14. The van der Waals surface area contributed by atoms with Gasteiger partial charge in [0.1, 0.15) is 11.5 Å². The Labute approximate surface area is 133 Å². The van der Waals surface area contributed by atoms with Crippen molar-refractivity contribution in [3.63, 3.8) is 0 Å². The van der Waals surface area contributed by atoms with Crippen LogP contribution in [0.25, 0.3) is 0 Å². The zero-order chi connectivity index (χ0) is 15.9. The molecule has 0 aliphatic heterocycles. The van der Waals surface area contributed by atoms with E-state index in [4.69, 9.17) is 10.2 Å². The third kappa shape index (κ3) is 4.80. The summed E-state index contributed by atoms with van der Waals surface area (Å²) in [6.45, 7) is 3.84. The zero-order valence-corrected chi connectivity index (χ0v) is 13.5. The Morgan fingerprint density at radius 2 is 1.45 bits per heavy atom. The number of rotatable bonds is 1. The maximum Gasteiger partial charge on any atom is 0.118 e. The van der Waals surface area contributed by atoms with E-state index in [0.717, 1.165) is 17.0 Å². The van der Waals surface area contributed by atoms with Crippen LogP contribution in [0.15, 0.2) is 42.5 Å². The summed E-state index contributed by atoms with van der Waals surface area (Å²) in [7, 11) is 0. The van der Waals surface area contributed by atoms with Crippen LogP contribution >= 0.6 is 0 Å². The normalized spacial score (nSPS) is 15.0. The number of phenolic OH excluding ortho intramolecular Hbond substituents is 2. The lowest BCUT2D eigenvalue weighted by atomic mass is 9.84. The second-order valence-electron chi connectivity index (χ2n) is 6.22. The highest BCUT2D eigenvalue weighted by atomic mass is 16.3. The lowest BCUT2D eigenvalue weighted by Gasteiger charge is -2.21. The van der Waals surface area contributed by atoms with Crippen molar-refractivity contribution in [3.8, 4) is 11.5 Å². The highest BCUT2D eigenvalue weighted by molar-refractivity contribution is 5.34. The number of benzene rings is 2. The van der Waals surface area contributed by atoms with Gasteiger partial charge in [-0.25, -0.2) is 0 Å². The largest absolute Gasteiger partial charge is 0.508 e. The van der Waals surface area contributed by atoms with E-state index >= 15 is 0 Å². The lowest BCUT2D eigenvalue weighted by molar-refractivity contribution is 0.442. The molecule has 0 bridgehead atoms. The molecule has 0 heterocycles. The van der Waals surface area contributed by atoms with Crippen molar-refractivity contribution < 1.29 is 10.2 Å². The molecule has 1 aliphatic rings. The fourth-order valence-electron chi connectivity index (χ4n) is 2.90. The lowest BCUT2D eigenvalue weighted by Crippen LogP contribution is -2.03. The van der Waals surface area contributed by atoms with Gasteiger partial charge in [-0.1, -0.05) is 43.5 Å². The van der Waals surface area contributed by atoms with Crippen LogP contribution in [0.4, 0.5) is 0 Å². The number of hydrogen-bond donors (Lipinski definition) is 2. The van der Waals surface area contributed by atoms with Crippen LogP contribution in [0.2, 0.25) is 0 Å². The van der Waals surface area contributed by atoms with Crippen LogP contribution in [-0.4, -0.2) is 10.2 Å². The van der Waals surface area contributed by atoms with Gasteiger partial charge >= 0.3 is 0 Å². The van der Waals surface area contributed by atoms with Gasteiger partial charge in [-0.15, -0.1) is 0 Å². The van der Waals surface area contributed by atoms with Crippen LogP contribution in [0, 0.1) is 13.8 Å². The first-order chi connectivity index (χ1) is 10.6. The molecule has 0 aromatic heterocycles. The van der Waals surface area contributed by atoms with Crippen molar-refractivity contribution >= 4 is 0 Å². The molecular formula is C20H26O2. The van der Waals surface area contributed by atoms with Crippen molar-refractivity contribution in [2.45, 2.75) is 51.9 Å². The fourth-order valence-corrected chi connectivity index (χ4v) is 2.90. The maximum absolute atomic E-state index is 9.16. The fraction of sp³-hybridized carbons (Fsp3) is 0.400. The highest BCUT2D eigenvalue weighted by Crippen LogP contribution is 2.32. The SMILES string of the molecule is Cc1ccc(C)c(O)c1.Oc1ccc(C2CCCCC2)cc1. The molecule has 0 spiro atoms. The first-order valence-electron chi connectivity index (χ1n) is 8.11. The van der Waals surface area contributed by atoms with Gasteiger partial charge in [0.25, 0.3) is 0 Å². The van der Waals surface area contributed by atoms with E-state index in [1.165, 1.54) is 37.7 Å². The average Bonchev–Trinajstić information content (AvgIpc) is 2.53. The first kappa shape index (κ1) is 16.4. The molecule has 2 aromatic carbocycles. The second kappa shape index (κ2) is 7.88. The van der Waals surface area contributed by atoms with Gasteiger partial charge < -0.3 is 10.2 Å². The molecule has 0 saturated heterocycles. The van der Waals surface area contributed by atoms with E-state index in [1.54, 1.807) is 18.2 Å². The number of aromatic hydroxyl groups is 2. The van der Waals surface area contributed by atoms with Gasteiger partial charge in [0.15, 0.2) is 0 Å². The quantitative estimate of drug-likeness (QED) is 0.735. The van der Waals surface area contributed by atoms with E-state index in [1.807, 2.05) is 26.0 Å². The molecule has 0 radical (unpaired) electrons. The van der Waals surface area contributed by atoms with Crippen LogP contribution in [0.3, 0.4) is 0 Å². The summed E-state index contributed by atoms with van der Waals surface area (Å²) in [4.78, 5) is 0. The first-order valence-corrected chi connectivity index (χ1v) is 8.11. The second-order valence-corrected chi connectivity index (χ2v) is 6.22. The minimum absolute atomic E-state index is 0.375. The van der Waals surface area contributed by atoms with Crippen LogP contribution in [-0.2, 0) is 0 Å². The monoisotopic (exact) mass is 298 g/mol. The van der Waals surface area contributed by atoms with Crippen molar-refractivity contribution in [1.29, 1.82) is 0 Å². The minimum atomic E-state index is 0.375. The van der Waals surface area contributed by atoms with Crippen LogP contribution in [0.5, 0.6) is 11.5 Å². The Hall–Kier alpha value is -1.96. The van der Waals surface area contributed by atoms with E-state index < -0.39 is 0 Å². The smallest absolute Gasteiger partial charge is 0.118 e. The Morgan fingerprint density at radius 1 is 0.818 bits per heavy atom. The molecule has 1 saturated carbocycles. The Kier molecular flexibility index (Phi) is 5.88. The summed E-state index contributed by atoms with van der Waals surface area (Å²) in [5.74, 6) is 1.50. The third-order valence-electron chi connectivity index (χ3n) is 4.33. The molecular weight excluding hydrogens is 272 g/mol. The van der Waals surface area contributed by atoms with Crippen LogP contribution in [0.1, 0.15) is 54.7 Å². The van der Waals surface area contributed by atoms with E-state index in [-0.39, 0.29) is 0 Å². The number of aryl methyl sites for hydroxylation is 2. The third-order valence-corrected chi connectivity index (χ3v) is 4.33. The standard InChI is InChI=1S/C12H16O.C8H10O/c13-12-8-6-11(7-9-12)10-4-2-1-3-5-10;1-6-3-4-7(2)8(9)5-6/h6-10,13H,1-5H2;3-5,9H,1-2H3. The summed E-state index contributed by atoms with van der Waals surface area (Å²) < 4.78 is 0. The number of hydrogen-bond acceptors (Lipinski definition) is 2. The van der Waals surface area contributed by atoms with Gasteiger partial charge in [-0.3, -0.25) is 0 Å². The molecule has 2 aromatic rings. The zero-order valence-electron chi connectivity index (χ0n) is 13.5. The van der Waals surface area contributed by atoms with Crippen molar-refractivity contribution in [3.05, 3.63) is 59.2 Å². The summed E-state index contributed by atoms with van der Waals surface area (Å²) in [6.07, 6.45) is 6.78. The molecule has 1 fully saturated rings. The average molecular weight is 298 g/mol. The van der Waals surface area contributed by atoms with Gasteiger partial charge in [0.2, 0.25) is 0 Å². The van der Waals surface area contributed by atoms with Crippen molar-refractivity contribution in [2.75, 3.05) is 0 Å². The van der Waals surface area contributed by atoms with Crippen molar-refractivity contribution in [1.82, 2.24) is 0 Å². The van der Waals surface area contributed by atoms with Crippen molar-refractivity contribution in [2.24, 2.45) is 0 Å². The Bertz CT molecular complexity index is 581. The van der Waals surface area contributed by atoms with E-state index in [2.05, 4.69) is 12.1 Å². The Morgan fingerprint density at radius 3 is 2.00 bits per heavy atom. The Balaban J connectivity index is 0.000000172. The molecule has 0 atom stereocenters. The maximum atomic E-state index is 9.16. The molecule has 2 heteroatoms. The van der Waals surface area contributed by atoms with Gasteiger partial charge in [0.05, 0.1) is 0 Å².